The fourth-order valence-corrected chi connectivity index (χ4v) is 3.86. The van der Waals surface area contributed by atoms with Gasteiger partial charge >= 0.3 is 0 Å². The maximum atomic E-state index is 5.96. The molecule has 0 heterocycles. The molecule has 0 atom stereocenters. The zero-order valence-corrected chi connectivity index (χ0v) is 20.9. The first kappa shape index (κ1) is 25.1. The first-order chi connectivity index (χ1) is 17.7. The Bertz CT molecular complexity index is 1110. The van der Waals surface area contributed by atoms with Crippen molar-refractivity contribution in [3.05, 3.63) is 119 Å². The Balaban J connectivity index is 1.25. The number of ether oxygens (including phenoxy) is 4. The van der Waals surface area contributed by atoms with E-state index in [9.17, 15) is 0 Å². The van der Waals surface area contributed by atoms with Crippen LogP contribution in [0.25, 0.3) is 0 Å². The van der Waals surface area contributed by atoms with Crippen LogP contribution >= 0.6 is 0 Å². The molecule has 5 heteroatoms. The third-order valence-corrected chi connectivity index (χ3v) is 5.85. The highest BCUT2D eigenvalue weighted by molar-refractivity contribution is 5.44. The van der Waals surface area contributed by atoms with Crippen molar-refractivity contribution < 1.29 is 18.9 Å². The third-order valence-electron chi connectivity index (χ3n) is 5.85. The average Bonchev–Trinajstić information content (AvgIpc) is 2.94. The van der Waals surface area contributed by atoms with Crippen LogP contribution in [0.4, 0.5) is 0 Å². The van der Waals surface area contributed by atoms with Crippen molar-refractivity contribution in [3.63, 3.8) is 0 Å². The molecular formula is C31H33NO4. The SMILES string of the molecule is COc1cc(CCNCc2ccc(OCc3ccccc3)c(OC)c2)ccc1OCc1ccccc1. The van der Waals surface area contributed by atoms with Gasteiger partial charge in [-0.05, 0) is 59.5 Å². The Kier molecular flexibility index (Phi) is 9.23. The summed E-state index contributed by atoms with van der Waals surface area (Å²) in [5.74, 6) is 2.98. The van der Waals surface area contributed by atoms with Gasteiger partial charge in [0.05, 0.1) is 14.2 Å². The van der Waals surface area contributed by atoms with E-state index in [0.29, 0.717) is 13.2 Å². The molecule has 4 aromatic carbocycles. The molecule has 0 unspecified atom stereocenters. The molecule has 4 aromatic rings. The first-order valence-corrected chi connectivity index (χ1v) is 12.1. The number of hydrogen-bond donors (Lipinski definition) is 1. The molecule has 36 heavy (non-hydrogen) atoms. The predicted octanol–water partition coefficient (Wildman–Crippen LogP) is 6.19. The minimum Gasteiger partial charge on any atom is -0.493 e. The number of rotatable bonds is 13. The van der Waals surface area contributed by atoms with Crippen molar-refractivity contribution in [1.82, 2.24) is 5.32 Å². The van der Waals surface area contributed by atoms with Gasteiger partial charge in [-0.2, -0.15) is 0 Å². The maximum absolute atomic E-state index is 5.96. The minimum atomic E-state index is 0.508. The molecule has 0 fully saturated rings. The molecule has 0 aliphatic carbocycles. The van der Waals surface area contributed by atoms with Crippen LogP contribution < -0.4 is 24.3 Å². The molecule has 186 valence electrons. The molecule has 0 bridgehead atoms. The highest BCUT2D eigenvalue weighted by Crippen LogP contribution is 2.30. The van der Waals surface area contributed by atoms with E-state index in [0.717, 1.165) is 59.2 Å². The van der Waals surface area contributed by atoms with Crippen molar-refractivity contribution in [1.29, 1.82) is 0 Å². The highest BCUT2D eigenvalue weighted by atomic mass is 16.5. The largest absolute Gasteiger partial charge is 0.493 e. The molecule has 1 N–H and O–H groups in total. The number of methoxy groups -OCH3 is 2. The van der Waals surface area contributed by atoms with Crippen LogP contribution in [0.3, 0.4) is 0 Å². The summed E-state index contributed by atoms with van der Waals surface area (Å²) in [7, 11) is 3.34. The summed E-state index contributed by atoms with van der Waals surface area (Å²) in [5, 5.41) is 3.51. The van der Waals surface area contributed by atoms with E-state index in [2.05, 4.69) is 17.4 Å². The van der Waals surface area contributed by atoms with E-state index in [-0.39, 0.29) is 0 Å². The van der Waals surface area contributed by atoms with E-state index in [1.54, 1.807) is 14.2 Å². The molecule has 0 spiro atoms. The lowest BCUT2D eigenvalue weighted by Crippen LogP contribution is -2.16. The highest BCUT2D eigenvalue weighted by Gasteiger charge is 2.08. The lowest BCUT2D eigenvalue weighted by molar-refractivity contribution is 0.284. The summed E-state index contributed by atoms with van der Waals surface area (Å²) in [5.41, 5.74) is 4.58. The number of benzene rings is 4. The van der Waals surface area contributed by atoms with E-state index >= 15 is 0 Å². The molecule has 0 amide bonds. The summed E-state index contributed by atoms with van der Waals surface area (Å²) < 4.78 is 23.0. The standard InChI is InChI=1S/C31H33NO4/c1-33-30-19-24(13-15-28(30)35-22-25-9-5-3-6-10-25)17-18-32-21-27-14-16-29(31(20-27)34-2)36-23-26-11-7-4-8-12-26/h3-16,19-20,32H,17-18,21-23H2,1-2H3. The normalized spacial score (nSPS) is 10.6. The molecule has 0 aliphatic heterocycles. The van der Waals surface area contributed by atoms with Crippen molar-refractivity contribution in [3.8, 4) is 23.0 Å². The second kappa shape index (κ2) is 13.2. The lowest BCUT2D eigenvalue weighted by atomic mass is 10.1. The van der Waals surface area contributed by atoms with Crippen LogP contribution in [-0.4, -0.2) is 20.8 Å². The fraction of sp³-hybridized carbons (Fsp3) is 0.226. The molecule has 0 radical (unpaired) electrons. The number of nitrogens with one attached hydrogen (secondary N) is 1. The zero-order valence-electron chi connectivity index (χ0n) is 20.9. The van der Waals surface area contributed by atoms with Crippen LogP contribution in [-0.2, 0) is 26.2 Å². The Hall–Kier alpha value is -3.96. The molecular weight excluding hydrogens is 450 g/mol. The second-order valence-electron chi connectivity index (χ2n) is 8.45. The number of hydrogen-bond acceptors (Lipinski definition) is 5. The smallest absolute Gasteiger partial charge is 0.161 e. The van der Waals surface area contributed by atoms with Gasteiger partial charge in [0.15, 0.2) is 23.0 Å². The van der Waals surface area contributed by atoms with Crippen LogP contribution in [0, 0.1) is 0 Å². The van der Waals surface area contributed by atoms with Gasteiger partial charge in [-0.25, -0.2) is 0 Å². The lowest BCUT2D eigenvalue weighted by Gasteiger charge is -2.14. The van der Waals surface area contributed by atoms with Gasteiger partial charge in [-0.3, -0.25) is 0 Å². The van der Waals surface area contributed by atoms with Crippen molar-refractivity contribution in [2.45, 2.75) is 26.2 Å². The Morgan fingerprint density at radius 1 is 0.528 bits per heavy atom. The van der Waals surface area contributed by atoms with Gasteiger partial charge < -0.3 is 24.3 Å². The Morgan fingerprint density at radius 2 is 1.03 bits per heavy atom. The van der Waals surface area contributed by atoms with E-state index < -0.39 is 0 Å². The van der Waals surface area contributed by atoms with E-state index in [1.165, 1.54) is 5.56 Å². The quantitative estimate of drug-likeness (QED) is 0.230. The van der Waals surface area contributed by atoms with Gasteiger partial charge in [0.2, 0.25) is 0 Å². The summed E-state index contributed by atoms with van der Waals surface area (Å²) in [6, 6.07) is 32.4. The zero-order chi connectivity index (χ0) is 25.0. The molecule has 4 rings (SSSR count). The fourth-order valence-electron chi connectivity index (χ4n) is 3.86. The monoisotopic (exact) mass is 483 g/mol. The van der Waals surface area contributed by atoms with Crippen LogP contribution in [0.1, 0.15) is 22.3 Å². The average molecular weight is 484 g/mol. The van der Waals surface area contributed by atoms with Crippen molar-refractivity contribution in [2.75, 3.05) is 20.8 Å². The second-order valence-corrected chi connectivity index (χ2v) is 8.45. The molecule has 0 aromatic heterocycles. The first-order valence-electron chi connectivity index (χ1n) is 12.1. The van der Waals surface area contributed by atoms with Gasteiger partial charge in [0, 0.05) is 6.54 Å². The summed E-state index contributed by atoms with van der Waals surface area (Å²) >= 11 is 0. The van der Waals surface area contributed by atoms with E-state index in [4.69, 9.17) is 18.9 Å². The third kappa shape index (κ3) is 7.27. The predicted molar refractivity (Wildman–Crippen MR) is 143 cm³/mol. The Morgan fingerprint density at radius 3 is 1.56 bits per heavy atom. The molecule has 5 nitrogen and oxygen atoms in total. The van der Waals surface area contributed by atoms with Crippen LogP contribution in [0.2, 0.25) is 0 Å². The summed E-state index contributed by atoms with van der Waals surface area (Å²) in [6.07, 6.45) is 0.880. The van der Waals surface area contributed by atoms with Crippen molar-refractivity contribution in [2.24, 2.45) is 0 Å². The Labute approximate surface area is 213 Å². The topological polar surface area (TPSA) is 49.0 Å². The molecule has 0 aliphatic rings. The van der Waals surface area contributed by atoms with E-state index in [1.807, 2.05) is 84.9 Å². The molecule has 0 saturated heterocycles. The van der Waals surface area contributed by atoms with Gasteiger partial charge in [-0.15, -0.1) is 0 Å². The minimum absolute atomic E-state index is 0.508. The van der Waals surface area contributed by atoms with Gasteiger partial charge in [-0.1, -0.05) is 72.8 Å². The van der Waals surface area contributed by atoms with Crippen LogP contribution in [0.15, 0.2) is 97.1 Å². The summed E-state index contributed by atoms with van der Waals surface area (Å²) in [4.78, 5) is 0. The molecule has 0 saturated carbocycles. The van der Waals surface area contributed by atoms with Gasteiger partial charge in [0.1, 0.15) is 13.2 Å². The van der Waals surface area contributed by atoms with Crippen LogP contribution in [0.5, 0.6) is 23.0 Å². The van der Waals surface area contributed by atoms with Gasteiger partial charge in [0.25, 0.3) is 0 Å². The summed E-state index contributed by atoms with van der Waals surface area (Å²) in [6.45, 7) is 2.60. The maximum Gasteiger partial charge on any atom is 0.161 e. The van der Waals surface area contributed by atoms with Crippen molar-refractivity contribution >= 4 is 0 Å².